The smallest absolute Gasteiger partial charge is 0.122 e. The fourth-order valence-electron chi connectivity index (χ4n) is 1.62. The summed E-state index contributed by atoms with van der Waals surface area (Å²) in [5, 5.41) is 7.31. The molecule has 2 rings (SSSR count). The van der Waals surface area contributed by atoms with E-state index in [-0.39, 0.29) is 18.2 Å². The molecule has 5 heteroatoms. The molecular weight excluding hydrogens is 276 g/mol. The molecule has 3 N–H and O–H groups in total. The standard InChI is InChI=1S/C15H16N2O2.ClH/c1-18-13-6-2-11(3-7-13)10-19-14-8-4-12(5-9-14)15(16)17;/h2-9H,10H2,1H3,(H3,16,17);1H. The molecule has 0 aliphatic heterocycles. The van der Waals surface area contributed by atoms with Crippen LogP contribution in [0.15, 0.2) is 48.5 Å². The third-order valence-electron chi connectivity index (χ3n) is 2.73. The monoisotopic (exact) mass is 292 g/mol. The highest BCUT2D eigenvalue weighted by atomic mass is 35.5. The van der Waals surface area contributed by atoms with Crippen LogP contribution in [0.25, 0.3) is 0 Å². The number of nitrogens with one attached hydrogen (secondary N) is 1. The second-order valence-corrected chi connectivity index (χ2v) is 4.07. The maximum atomic E-state index is 7.31. The fraction of sp³-hybridized carbons (Fsp3) is 0.133. The summed E-state index contributed by atoms with van der Waals surface area (Å²) in [6, 6.07) is 14.9. The highest BCUT2D eigenvalue weighted by Gasteiger charge is 1.99. The summed E-state index contributed by atoms with van der Waals surface area (Å²) in [5.74, 6) is 1.64. The van der Waals surface area contributed by atoms with Gasteiger partial charge in [0.05, 0.1) is 7.11 Å². The molecule has 0 atom stereocenters. The van der Waals surface area contributed by atoms with Gasteiger partial charge in [0.15, 0.2) is 0 Å². The Labute approximate surface area is 124 Å². The minimum absolute atomic E-state index is 0. The predicted molar refractivity (Wildman–Crippen MR) is 82.0 cm³/mol. The highest BCUT2D eigenvalue weighted by Crippen LogP contribution is 2.16. The van der Waals surface area contributed by atoms with Crippen LogP contribution < -0.4 is 15.2 Å². The minimum Gasteiger partial charge on any atom is -0.497 e. The molecule has 0 aliphatic rings. The van der Waals surface area contributed by atoms with E-state index >= 15 is 0 Å². The van der Waals surface area contributed by atoms with Gasteiger partial charge in [-0.15, -0.1) is 12.4 Å². The van der Waals surface area contributed by atoms with Crippen LogP contribution in [-0.4, -0.2) is 12.9 Å². The summed E-state index contributed by atoms with van der Waals surface area (Å²) in [5.41, 5.74) is 7.14. The number of nitrogens with two attached hydrogens (primary N) is 1. The van der Waals surface area contributed by atoms with Crippen molar-refractivity contribution in [2.45, 2.75) is 6.61 Å². The lowest BCUT2D eigenvalue weighted by Gasteiger charge is -2.07. The molecule has 2 aromatic rings. The van der Waals surface area contributed by atoms with E-state index in [9.17, 15) is 0 Å². The molecule has 0 unspecified atom stereocenters. The van der Waals surface area contributed by atoms with E-state index in [0.29, 0.717) is 12.2 Å². The summed E-state index contributed by atoms with van der Waals surface area (Å²) in [7, 11) is 1.64. The van der Waals surface area contributed by atoms with Gasteiger partial charge in [-0.05, 0) is 42.0 Å². The molecule has 0 aromatic heterocycles. The van der Waals surface area contributed by atoms with Gasteiger partial charge in [0.25, 0.3) is 0 Å². The summed E-state index contributed by atoms with van der Waals surface area (Å²) >= 11 is 0. The normalized spacial score (nSPS) is 9.45. The van der Waals surface area contributed by atoms with E-state index in [4.69, 9.17) is 20.6 Å². The van der Waals surface area contributed by atoms with Crippen LogP contribution >= 0.6 is 12.4 Å². The van der Waals surface area contributed by atoms with Crippen LogP contribution in [0.1, 0.15) is 11.1 Å². The molecule has 2 aromatic carbocycles. The number of benzene rings is 2. The Hall–Kier alpha value is -2.20. The first kappa shape index (κ1) is 15.9. The van der Waals surface area contributed by atoms with Crippen molar-refractivity contribution < 1.29 is 9.47 Å². The second-order valence-electron chi connectivity index (χ2n) is 4.07. The summed E-state index contributed by atoms with van der Waals surface area (Å²) < 4.78 is 10.7. The molecule has 0 bridgehead atoms. The van der Waals surface area contributed by atoms with Gasteiger partial charge < -0.3 is 15.2 Å². The summed E-state index contributed by atoms with van der Waals surface area (Å²) in [6.07, 6.45) is 0. The first-order valence-electron chi connectivity index (χ1n) is 5.89. The lowest BCUT2D eigenvalue weighted by atomic mass is 10.2. The first-order valence-corrected chi connectivity index (χ1v) is 5.89. The lowest BCUT2D eigenvalue weighted by molar-refractivity contribution is 0.306. The lowest BCUT2D eigenvalue weighted by Crippen LogP contribution is -2.10. The molecule has 20 heavy (non-hydrogen) atoms. The Kier molecular flexibility index (Phi) is 5.87. The van der Waals surface area contributed by atoms with E-state index in [1.54, 1.807) is 31.4 Å². The molecule has 0 radical (unpaired) electrons. The third kappa shape index (κ3) is 4.17. The number of methoxy groups -OCH3 is 1. The Morgan fingerprint density at radius 3 is 2.05 bits per heavy atom. The molecule has 0 spiro atoms. The number of ether oxygens (including phenoxy) is 2. The number of rotatable bonds is 5. The number of hydrogen-bond acceptors (Lipinski definition) is 3. The molecule has 4 nitrogen and oxygen atoms in total. The van der Waals surface area contributed by atoms with Gasteiger partial charge in [0.1, 0.15) is 23.9 Å². The molecule has 0 heterocycles. The molecule has 0 fully saturated rings. The first-order chi connectivity index (χ1) is 9.19. The second kappa shape index (κ2) is 7.40. The van der Waals surface area contributed by atoms with Crippen molar-refractivity contribution in [2.24, 2.45) is 5.73 Å². The van der Waals surface area contributed by atoms with Gasteiger partial charge >= 0.3 is 0 Å². The number of hydrogen-bond donors (Lipinski definition) is 2. The molecule has 0 aliphatic carbocycles. The van der Waals surface area contributed by atoms with Crippen molar-refractivity contribution in [1.82, 2.24) is 0 Å². The topological polar surface area (TPSA) is 68.3 Å². The van der Waals surface area contributed by atoms with E-state index in [1.165, 1.54) is 0 Å². The van der Waals surface area contributed by atoms with Gasteiger partial charge in [-0.3, -0.25) is 5.41 Å². The summed E-state index contributed by atoms with van der Waals surface area (Å²) in [6.45, 7) is 0.489. The van der Waals surface area contributed by atoms with Gasteiger partial charge in [-0.2, -0.15) is 0 Å². The van der Waals surface area contributed by atoms with Crippen LogP contribution in [0.3, 0.4) is 0 Å². The molecule has 0 saturated carbocycles. The molecule has 0 amide bonds. The Bertz CT molecular complexity index is 553. The zero-order valence-electron chi connectivity index (χ0n) is 11.1. The maximum absolute atomic E-state index is 7.31. The zero-order valence-corrected chi connectivity index (χ0v) is 11.9. The molecule has 0 saturated heterocycles. The molecular formula is C15H17ClN2O2. The van der Waals surface area contributed by atoms with Crippen molar-refractivity contribution in [3.8, 4) is 11.5 Å². The van der Waals surface area contributed by atoms with Gasteiger partial charge in [0.2, 0.25) is 0 Å². The number of nitrogen functional groups attached to an aromatic ring is 1. The predicted octanol–water partition coefficient (Wildman–Crippen LogP) is 2.98. The van der Waals surface area contributed by atoms with E-state index in [1.807, 2.05) is 24.3 Å². The Morgan fingerprint density at radius 2 is 1.55 bits per heavy atom. The average Bonchev–Trinajstić information content (AvgIpc) is 2.46. The van der Waals surface area contributed by atoms with Crippen LogP contribution in [0, 0.1) is 5.41 Å². The number of halogens is 1. The van der Waals surface area contributed by atoms with Crippen molar-refractivity contribution in [3.63, 3.8) is 0 Å². The quantitative estimate of drug-likeness (QED) is 0.657. The van der Waals surface area contributed by atoms with Gasteiger partial charge in [0, 0.05) is 5.56 Å². The van der Waals surface area contributed by atoms with Crippen molar-refractivity contribution in [2.75, 3.05) is 7.11 Å². The van der Waals surface area contributed by atoms with E-state index < -0.39 is 0 Å². The third-order valence-corrected chi connectivity index (χ3v) is 2.73. The number of amidine groups is 1. The van der Waals surface area contributed by atoms with Gasteiger partial charge in [-0.25, -0.2) is 0 Å². The van der Waals surface area contributed by atoms with E-state index in [0.717, 1.165) is 17.1 Å². The Morgan fingerprint density at radius 1 is 1.00 bits per heavy atom. The van der Waals surface area contributed by atoms with Crippen molar-refractivity contribution >= 4 is 18.2 Å². The largest absolute Gasteiger partial charge is 0.497 e. The van der Waals surface area contributed by atoms with Gasteiger partial charge in [-0.1, -0.05) is 12.1 Å². The van der Waals surface area contributed by atoms with Crippen LogP contribution in [0.5, 0.6) is 11.5 Å². The van der Waals surface area contributed by atoms with Crippen LogP contribution in [-0.2, 0) is 6.61 Å². The van der Waals surface area contributed by atoms with Crippen molar-refractivity contribution in [1.29, 1.82) is 5.41 Å². The van der Waals surface area contributed by atoms with Crippen LogP contribution in [0.4, 0.5) is 0 Å². The minimum atomic E-state index is 0. The average molecular weight is 293 g/mol. The van der Waals surface area contributed by atoms with E-state index in [2.05, 4.69) is 0 Å². The maximum Gasteiger partial charge on any atom is 0.122 e. The fourth-order valence-corrected chi connectivity index (χ4v) is 1.62. The molecule has 106 valence electrons. The van der Waals surface area contributed by atoms with Crippen LogP contribution in [0.2, 0.25) is 0 Å². The Balaban J connectivity index is 0.00000200. The van der Waals surface area contributed by atoms with Crippen molar-refractivity contribution in [3.05, 3.63) is 59.7 Å². The zero-order chi connectivity index (χ0) is 13.7. The summed E-state index contributed by atoms with van der Waals surface area (Å²) in [4.78, 5) is 0. The SMILES string of the molecule is COc1ccc(COc2ccc(C(=N)N)cc2)cc1.Cl. The highest BCUT2D eigenvalue weighted by molar-refractivity contribution is 5.94.